The fraction of sp³-hybridized carbons (Fsp3) is 0.278. The summed E-state index contributed by atoms with van der Waals surface area (Å²) in [6.45, 7) is 1.95. The fourth-order valence-corrected chi connectivity index (χ4v) is 2.31. The summed E-state index contributed by atoms with van der Waals surface area (Å²) < 4.78 is 5.20. The standard InChI is InChI=1S/C18H22N2O2.ClH/c1-13(15-9-6-10-16(11-15)22-2)20-18(21)12-17(19)14-7-4-3-5-8-14;/h3-11,13,17H,12,19H2,1-2H3,(H,20,21);1H. The Hall–Kier alpha value is -2.04. The van der Waals surface area contributed by atoms with Gasteiger partial charge in [0.15, 0.2) is 0 Å². The number of nitrogens with two attached hydrogens (primary N) is 1. The van der Waals surface area contributed by atoms with Gasteiger partial charge in [0.25, 0.3) is 0 Å². The lowest BCUT2D eigenvalue weighted by atomic mass is 10.0. The number of carbonyl (C=O) groups is 1. The molecule has 5 heteroatoms. The topological polar surface area (TPSA) is 64.3 Å². The Balaban J connectivity index is 0.00000264. The highest BCUT2D eigenvalue weighted by atomic mass is 35.5. The summed E-state index contributed by atoms with van der Waals surface area (Å²) in [7, 11) is 1.63. The normalized spacial score (nSPS) is 12.7. The number of hydrogen-bond donors (Lipinski definition) is 2. The van der Waals surface area contributed by atoms with Crippen molar-refractivity contribution >= 4 is 18.3 Å². The van der Waals surface area contributed by atoms with Gasteiger partial charge in [-0.15, -0.1) is 12.4 Å². The molecule has 0 bridgehead atoms. The Kier molecular flexibility index (Phi) is 7.59. The molecule has 0 aliphatic heterocycles. The Morgan fingerprint density at radius 2 is 1.78 bits per heavy atom. The van der Waals surface area contributed by atoms with Crippen LogP contribution in [0, 0.1) is 0 Å². The molecule has 2 atom stereocenters. The van der Waals surface area contributed by atoms with Crippen molar-refractivity contribution in [2.45, 2.75) is 25.4 Å². The zero-order chi connectivity index (χ0) is 15.9. The van der Waals surface area contributed by atoms with E-state index < -0.39 is 0 Å². The number of benzene rings is 2. The van der Waals surface area contributed by atoms with Crippen LogP contribution >= 0.6 is 12.4 Å². The first-order valence-electron chi connectivity index (χ1n) is 7.34. The smallest absolute Gasteiger partial charge is 0.222 e. The second-order valence-corrected chi connectivity index (χ2v) is 5.29. The average molecular weight is 335 g/mol. The van der Waals surface area contributed by atoms with E-state index in [-0.39, 0.29) is 36.8 Å². The van der Waals surface area contributed by atoms with E-state index in [2.05, 4.69) is 5.32 Å². The van der Waals surface area contributed by atoms with Gasteiger partial charge in [0.1, 0.15) is 5.75 Å². The summed E-state index contributed by atoms with van der Waals surface area (Å²) in [6, 6.07) is 16.9. The van der Waals surface area contributed by atoms with E-state index in [9.17, 15) is 4.79 Å². The molecule has 0 radical (unpaired) electrons. The number of hydrogen-bond acceptors (Lipinski definition) is 3. The van der Waals surface area contributed by atoms with Crippen molar-refractivity contribution in [2.24, 2.45) is 5.73 Å². The molecule has 0 aromatic heterocycles. The lowest BCUT2D eigenvalue weighted by Gasteiger charge is -2.17. The van der Waals surface area contributed by atoms with Crippen molar-refractivity contribution in [3.63, 3.8) is 0 Å². The highest BCUT2D eigenvalue weighted by molar-refractivity contribution is 5.85. The van der Waals surface area contributed by atoms with Crippen LogP contribution in [0.1, 0.15) is 36.6 Å². The van der Waals surface area contributed by atoms with Crippen LogP contribution in [0.2, 0.25) is 0 Å². The van der Waals surface area contributed by atoms with Crippen molar-refractivity contribution < 1.29 is 9.53 Å². The van der Waals surface area contributed by atoms with Crippen LogP contribution in [0.25, 0.3) is 0 Å². The first kappa shape index (κ1) is 19.0. The molecule has 2 aromatic carbocycles. The number of halogens is 1. The van der Waals surface area contributed by atoms with Gasteiger partial charge in [-0.1, -0.05) is 42.5 Å². The van der Waals surface area contributed by atoms with E-state index in [0.29, 0.717) is 0 Å². The molecule has 0 saturated carbocycles. The summed E-state index contributed by atoms with van der Waals surface area (Å²) in [5.74, 6) is 0.714. The Labute approximate surface area is 143 Å². The lowest BCUT2D eigenvalue weighted by molar-refractivity contribution is -0.122. The van der Waals surface area contributed by atoms with Gasteiger partial charge in [-0.05, 0) is 30.2 Å². The number of amides is 1. The molecular weight excluding hydrogens is 312 g/mol. The lowest BCUT2D eigenvalue weighted by Crippen LogP contribution is -2.29. The van der Waals surface area contributed by atoms with Crippen molar-refractivity contribution in [1.29, 1.82) is 0 Å². The minimum Gasteiger partial charge on any atom is -0.497 e. The Morgan fingerprint density at radius 3 is 2.43 bits per heavy atom. The third kappa shape index (κ3) is 5.58. The van der Waals surface area contributed by atoms with Crippen LogP contribution in [-0.4, -0.2) is 13.0 Å². The summed E-state index contributed by atoms with van der Waals surface area (Å²) in [5, 5.41) is 2.97. The maximum absolute atomic E-state index is 12.1. The molecule has 0 fully saturated rings. The zero-order valence-corrected chi connectivity index (χ0v) is 14.2. The second-order valence-electron chi connectivity index (χ2n) is 5.29. The average Bonchev–Trinajstić information content (AvgIpc) is 2.55. The van der Waals surface area contributed by atoms with Crippen LogP contribution < -0.4 is 15.8 Å². The van der Waals surface area contributed by atoms with E-state index in [4.69, 9.17) is 10.5 Å². The Morgan fingerprint density at radius 1 is 1.13 bits per heavy atom. The fourth-order valence-electron chi connectivity index (χ4n) is 2.31. The van der Waals surface area contributed by atoms with Gasteiger partial charge in [0.2, 0.25) is 5.91 Å². The minimum atomic E-state index is -0.293. The molecule has 0 aliphatic rings. The molecule has 2 unspecified atom stereocenters. The van der Waals surface area contributed by atoms with Crippen LogP contribution in [-0.2, 0) is 4.79 Å². The predicted molar refractivity (Wildman–Crippen MR) is 94.8 cm³/mol. The molecule has 124 valence electrons. The molecule has 2 aromatic rings. The number of rotatable bonds is 6. The maximum atomic E-state index is 12.1. The molecule has 3 N–H and O–H groups in total. The van der Waals surface area contributed by atoms with Crippen LogP contribution in [0.15, 0.2) is 54.6 Å². The highest BCUT2D eigenvalue weighted by Crippen LogP contribution is 2.19. The molecule has 0 spiro atoms. The van der Waals surface area contributed by atoms with Crippen molar-refractivity contribution in [2.75, 3.05) is 7.11 Å². The summed E-state index contributed by atoms with van der Waals surface area (Å²) in [4.78, 5) is 12.1. The molecule has 4 nitrogen and oxygen atoms in total. The van der Waals surface area contributed by atoms with Gasteiger partial charge in [-0.25, -0.2) is 0 Å². The predicted octanol–water partition coefficient (Wildman–Crippen LogP) is 3.38. The van der Waals surface area contributed by atoms with Crippen molar-refractivity contribution in [3.05, 3.63) is 65.7 Å². The molecule has 0 aliphatic carbocycles. The van der Waals surface area contributed by atoms with Crippen LogP contribution in [0.5, 0.6) is 5.75 Å². The Bertz CT molecular complexity index is 619. The van der Waals surface area contributed by atoms with Crippen molar-refractivity contribution in [1.82, 2.24) is 5.32 Å². The van der Waals surface area contributed by atoms with E-state index >= 15 is 0 Å². The first-order chi connectivity index (χ1) is 10.6. The summed E-state index contributed by atoms with van der Waals surface area (Å²) >= 11 is 0. The number of nitrogens with one attached hydrogen (secondary N) is 1. The second kappa shape index (κ2) is 9.18. The maximum Gasteiger partial charge on any atom is 0.222 e. The van der Waals surface area contributed by atoms with Gasteiger partial charge in [-0.2, -0.15) is 0 Å². The third-order valence-corrected chi connectivity index (χ3v) is 3.60. The number of methoxy groups -OCH3 is 1. The highest BCUT2D eigenvalue weighted by Gasteiger charge is 2.14. The van der Waals surface area contributed by atoms with Gasteiger partial charge >= 0.3 is 0 Å². The number of ether oxygens (including phenoxy) is 1. The van der Waals surface area contributed by atoms with Gasteiger partial charge in [0.05, 0.1) is 13.2 Å². The molecule has 0 heterocycles. The van der Waals surface area contributed by atoms with E-state index in [0.717, 1.165) is 16.9 Å². The first-order valence-corrected chi connectivity index (χ1v) is 7.34. The largest absolute Gasteiger partial charge is 0.497 e. The SMILES string of the molecule is COc1cccc(C(C)NC(=O)CC(N)c2ccccc2)c1.Cl. The molecule has 2 rings (SSSR count). The van der Waals surface area contributed by atoms with Crippen LogP contribution in [0.4, 0.5) is 0 Å². The third-order valence-electron chi connectivity index (χ3n) is 3.60. The molecule has 0 saturated heterocycles. The molecule has 1 amide bonds. The minimum absolute atomic E-state index is 0. The molecule has 23 heavy (non-hydrogen) atoms. The molecular formula is C18H23ClN2O2. The summed E-state index contributed by atoms with van der Waals surface area (Å²) in [6.07, 6.45) is 0.262. The van der Waals surface area contributed by atoms with Gasteiger partial charge in [0, 0.05) is 12.5 Å². The zero-order valence-electron chi connectivity index (χ0n) is 13.4. The number of carbonyl (C=O) groups excluding carboxylic acids is 1. The van der Waals surface area contributed by atoms with Crippen molar-refractivity contribution in [3.8, 4) is 5.75 Å². The summed E-state index contributed by atoms with van der Waals surface area (Å²) in [5.41, 5.74) is 8.04. The quantitative estimate of drug-likeness (QED) is 0.851. The van der Waals surface area contributed by atoms with Crippen LogP contribution in [0.3, 0.4) is 0 Å². The van der Waals surface area contributed by atoms with E-state index in [1.807, 2.05) is 61.5 Å². The van der Waals surface area contributed by atoms with E-state index in [1.165, 1.54) is 0 Å². The van der Waals surface area contributed by atoms with Gasteiger partial charge < -0.3 is 15.8 Å². The van der Waals surface area contributed by atoms with E-state index in [1.54, 1.807) is 7.11 Å². The van der Waals surface area contributed by atoms with Gasteiger partial charge in [-0.3, -0.25) is 4.79 Å². The monoisotopic (exact) mass is 334 g/mol.